The average Bonchev–Trinajstić information content (AvgIpc) is 3.33. The normalized spacial score (nSPS) is 27.1. The summed E-state index contributed by atoms with van der Waals surface area (Å²) >= 11 is 0.678. The van der Waals surface area contributed by atoms with E-state index in [0.29, 0.717) is 47.7 Å². The van der Waals surface area contributed by atoms with Gasteiger partial charge in [0.15, 0.2) is 0 Å². The highest BCUT2D eigenvalue weighted by Gasteiger charge is 2.48. The Morgan fingerprint density at radius 2 is 2.16 bits per heavy atom. The molecule has 0 bridgehead atoms. The highest BCUT2D eigenvalue weighted by atomic mass is 32.2. The Hall–Kier alpha value is -1.47. The van der Waals surface area contributed by atoms with Crippen LogP contribution in [0.1, 0.15) is 46.8 Å². The van der Waals surface area contributed by atoms with E-state index in [1.807, 2.05) is 13.1 Å². The van der Waals surface area contributed by atoms with E-state index in [1.165, 1.54) is 6.26 Å². The average molecular weight is 494 g/mol. The molecule has 0 amide bonds. The molecular formula is C20H26F3N3O4S2. The molecule has 32 heavy (non-hydrogen) atoms. The molecule has 0 aromatic carbocycles. The molecule has 178 valence electrons. The molecule has 2 aliphatic rings. The summed E-state index contributed by atoms with van der Waals surface area (Å²) in [5.41, 5.74) is 0.456. The van der Waals surface area contributed by atoms with E-state index in [9.17, 15) is 26.7 Å². The number of rotatable bonds is 5. The SMILES string of the molecule is C[C@H]1C[C@@]2(CCN1Cc1cnn(CCS(C)(=O)=O)c1)OCC(O)c1cc(C(F)(F)F)sc12. The zero-order valence-corrected chi connectivity index (χ0v) is 19.4. The number of halogens is 3. The molecular weight excluding hydrogens is 467 g/mol. The van der Waals surface area contributed by atoms with Crippen LogP contribution >= 0.6 is 11.3 Å². The Morgan fingerprint density at radius 1 is 1.41 bits per heavy atom. The van der Waals surface area contributed by atoms with E-state index in [-0.39, 0.29) is 24.9 Å². The van der Waals surface area contributed by atoms with Gasteiger partial charge in [-0.2, -0.15) is 18.3 Å². The minimum absolute atomic E-state index is 0.0130. The molecule has 0 saturated carbocycles. The highest BCUT2D eigenvalue weighted by Crippen LogP contribution is 2.51. The number of aliphatic hydroxyl groups is 1. The van der Waals surface area contributed by atoms with E-state index in [4.69, 9.17) is 4.74 Å². The van der Waals surface area contributed by atoms with Gasteiger partial charge in [0.2, 0.25) is 0 Å². The smallest absolute Gasteiger partial charge is 0.386 e. The van der Waals surface area contributed by atoms with Gasteiger partial charge in [0.1, 0.15) is 26.4 Å². The maximum atomic E-state index is 13.3. The number of fused-ring (bicyclic) bond motifs is 2. The van der Waals surface area contributed by atoms with Crippen LogP contribution in [0.25, 0.3) is 0 Å². The fourth-order valence-electron chi connectivity index (χ4n) is 4.47. The van der Waals surface area contributed by atoms with E-state index in [1.54, 1.807) is 10.9 Å². The number of ether oxygens (including phenoxy) is 1. The van der Waals surface area contributed by atoms with E-state index in [0.717, 1.165) is 11.6 Å². The summed E-state index contributed by atoms with van der Waals surface area (Å²) < 4.78 is 70.2. The maximum absolute atomic E-state index is 13.3. The van der Waals surface area contributed by atoms with Crippen molar-refractivity contribution < 1.29 is 31.4 Å². The summed E-state index contributed by atoms with van der Waals surface area (Å²) in [5.74, 6) is 0.0169. The van der Waals surface area contributed by atoms with Crippen LogP contribution in [0.3, 0.4) is 0 Å². The predicted molar refractivity (Wildman–Crippen MR) is 113 cm³/mol. The Bertz CT molecular complexity index is 1080. The van der Waals surface area contributed by atoms with Crippen molar-refractivity contribution in [2.45, 2.75) is 56.8 Å². The van der Waals surface area contributed by atoms with E-state index < -0.39 is 32.6 Å². The molecule has 1 N–H and O–H groups in total. The third-order valence-corrected chi connectivity index (χ3v) is 8.45. The summed E-state index contributed by atoms with van der Waals surface area (Å²) in [4.78, 5) is 2.00. The molecule has 1 fully saturated rings. The Morgan fingerprint density at radius 3 is 2.81 bits per heavy atom. The molecule has 7 nitrogen and oxygen atoms in total. The first-order valence-corrected chi connectivity index (χ1v) is 13.2. The molecule has 3 atom stereocenters. The van der Waals surface area contributed by atoms with Crippen LogP contribution in [0.2, 0.25) is 0 Å². The molecule has 1 spiro atoms. The van der Waals surface area contributed by atoms with Crippen molar-refractivity contribution in [3.05, 3.63) is 39.3 Å². The number of aromatic nitrogens is 2. The number of hydrogen-bond donors (Lipinski definition) is 1. The van der Waals surface area contributed by atoms with Gasteiger partial charge in [0.25, 0.3) is 0 Å². The molecule has 0 aliphatic carbocycles. The number of aryl methyl sites for hydroxylation is 1. The van der Waals surface area contributed by atoms with E-state index >= 15 is 0 Å². The molecule has 1 unspecified atom stereocenters. The second-order valence-corrected chi connectivity index (χ2v) is 12.0. The summed E-state index contributed by atoms with van der Waals surface area (Å²) in [6, 6.07) is 1.10. The molecule has 2 aliphatic heterocycles. The van der Waals surface area contributed by atoms with Crippen molar-refractivity contribution in [3.63, 3.8) is 0 Å². The molecule has 12 heteroatoms. The largest absolute Gasteiger partial charge is 0.425 e. The van der Waals surface area contributed by atoms with Crippen LogP contribution in [0.5, 0.6) is 0 Å². The van der Waals surface area contributed by atoms with Crippen molar-refractivity contribution in [2.75, 3.05) is 25.2 Å². The van der Waals surface area contributed by atoms with Gasteiger partial charge in [0, 0.05) is 47.6 Å². The third-order valence-electron chi connectivity index (χ3n) is 6.15. The van der Waals surface area contributed by atoms with Crippen molar-refractivity contribution in [1.29, 1.82) is 0 Å². The lowest BCUT2D eigenvalue weighted by atomic mass is 9.81. The number of sulfone groups is 1. The van der Waals surface area contributed by atoms with Gasteiger partial charge in [-0.25, -0.2) is 8.42 Å². The lowest BCUT2D eigenvalue weighted by molar-refractivity contribution is -0.139. The van der Waals surface area contributed by atoms with Crippen molar-refractivity contribution in [1.82, 2.24) is 14.7 Å². The number of nitrogens with zero attached hydrogens (tertiary/aromatic N) is 3. The molecule has 0 radical (unpaired) electrons. The summed E-state index contributed by atoms with van der Waals surface area (Å²) in [6.07, 6.45) is 0.263. The van der Waals surface area contributed by atoms with Crippen LogP contribution < -0.4 is 0 Å². The van der Waals surface area contributed by atoms with E-state index in [2.05, 4.69) is 10.00 Å². The Balaban J connectivity index is 1.47. The third kappa shape index (κ3) is 4.89. The monoisotopic (exact) mass is 493 g/mol. The number of likely N-dealkylation sites (tertiary alicyclic amines) is 1. The van der Waals surface area contributed by atoms with Crippen molar-refractivity contribution >= 4 is 21.2 Å². The molecule has 2 aromatic rings. The number of piperidine rings is 1. The number of thiophene rings is 1. The Labute approximate surface area is 188 Å². The quantitative estimate of drug-likeness (QED) is 0.690. The van der Waals surface area contributed by atoms with Gasteiger partial charge >= 0.3 is 6.18 Å². The predicted octanol–water partition coefficient (Wildman–Crippen LogP) is 2.95. The van der Waals surface area contributed by atoms with Crippen LogP contribution in [-0.2, 0) is 39.4 Å². The topological polar surface area (TPSA) is 84.7 Å². The zero-order valence-electron chi connectivity index (χ0n) is 17.8. The summed E-state index contributed by atoms with van der Waals surface area (Å²) in [6.45, 7) is 3.51. The van der Waals surface area contributed by atoms with Gasteiger partial charge in [-0.05, 0) is 25.8 Å². The highest BCUT2D eigenvalue weighted by molar-refractivity contribution is 7.90. The second kappa shape index (κ2) is 8.39. The van der Waals surface area contributed by atoms with Gasteiger partial charge in [-0.1, -0.05) is 0 Å². The van der Waals surface area contributed by atoms with Gasteiger partial charge in [0.05, 0.1) is 25.1 Å². The number of aliphatic hydroxyl groups excluding tert-OH is 1. The lowest BCUT2D eigenvalue weighted by Crippen LogP contribution is -2.50. The van der Waals surface area contributed by atoms with Crippen LogP contribution in [-0.4, -0.2) is 59.4 Å². The standard InChI is InChI=1S/C20H26F3N3O4S2/c1-13-8-19(18-15(16(27)12-30-19)7-17(31-18)20(21,22)23)3-4-25(13)10-14-9-24-26(11-14)5-6-32(2,28)29/h7,9,11,13,16,27H,3-6,8,10,12H2,1-2H3/t13-,16?,19+/m0/s1. The summed E-state index contributed by atoms with van der Waals surface area (Å²) in [7, 11) is -3.07. The van der Waals surface area contributed by atoms with Gasteiger partial charge in [-0.15, -0.1) is 11.3 Å². The minimum Gasteiger partial charge on any atom is -0.386 e. The van der Waals surface area contributed by atoms with Gasteiger partial charge in [-0.3, -0.25) is 9.58 Å². The van der Waals surface area contributed by atoms with Crippen LogP contribution in [0, 0.1) is 0 Å². The molecule has 4 heterocycles. The maximum Gasteiger partial charge on any atom is 0.425 e. The summed E-state index contributed by atoms with van der Waals surface area (Å²) in [5, 5.41) is 14.4. The first kappa shape index (κ1) is 23.7. The first-order chi connectivity index (χ1) is 14.9. The number of hydrogen-bond acceptors (Lipinski definition) is 7. The fourth-order valence-corrected chi connectivity index (χ4v) is 6.25. The van der Waals surface area contributed by atoms with Crippen LogP contribution in [0.4, 0.5) is 13.2 Å². The number of alkyl halides is 3. The molecule has 4 rings (SSSR count). The van der Waals surface area contributed by atoms with Crippen molar-refractivity contribution in [2.24, 2.45) is 0 Å². The lowest BCUT2D eigenvalue weighted by Gasteiger charge is -2.47. The fraction of sp³-hybridized carbons (Fsp3) is 0.650. The van der Waals surface area contributed by atoms with Gasteiger partial charge < -0.3 is 9.84 Å². The van der Waals surface area contributed by atoms with Crippen molar-refractivity contribution in [3.8, 4) is 0 Å². The zero-order chi connectivity index (χ0) is 23.3. The molecule has 1 saturated heterocycles. The Kier molecular flexibility index (Phi) is 6.21. The minimum atomic E-state index is -4.45. The first-order valence-electron chi connectivity index (χ1n) is 10.3. The second-order valence-electron chi connectivity index (χ2n) is 8.73. The van der Waals surface area contributed by atoms with Crippen LogP contribution in [0.15, 0.2) is 18.5 Å². The molecule has 2 aromatic heterocycles.